The second-order valence-corrected chi connectivity index (χ2v) is 4.10. The molecule has 4 nitrogen and oxygen atoms in total. The van der Waals surface area contributed by atoms with Gasteiger partial charge in [0.25, 0.3) is 0 Å². The van der Waals surface area contributed by atoms with E-state index in [0.29, 0.717) is 29.5 Å². The van der Waals surface area contributed by atoms with Gasteiger partial charge >= 0.3 is 5.97 Å². The van der Waals surface area contributed by atoms with Gasteiger partial charge in [-0.15, -0.1) is 0 Å². The van der Waals surface area contributed by atoms with Crippen LogP contribution in [0.3, 0.4) is 0 Å². The highest BCUT2D eigenvalue weighted by molar-refractivity contribution is 6.31. The molecule has 16 heavy (non-hydrogen) atoms. The topological polar surface area (TPSA) is 61.6 Å². The summed E-state index contributed by atoms with van der Waals surface area (Å²) < 4.78 is 10.3. The van der Waals surface area contributed by atoms with Gasteiger partial charge in [0.15, 0.2) is 0 Å². The third-order valence-corrected chi connectivity index (χ3v) is 2.54. The van der Waals surface area contributed by atoms with Gasteiger partial charge in [0.05, 0.1) is 18.8 Å². The summed E-state index contributed by atoms with van der Waals surface area (Å²) in [6.07, 6.45) is 0.578. The maximum atomic E-state index is 11.7. The average molecular weight is 242 g/mol. The standard InChI is InChI=1S/C11H12ClNO3/c12-8-3-7(4-9(13)5-8)11(14)16-10-1-2-15-6-10/h3-5,10H,1-2,6,13H2. The number of ether oxygens (including phenoxy) is 2. The van der Waals surface area contributed by atoms with Gasteiger partial charge in [-0.05, 0) is 18.2 Å². The largest absolute Gasteiger partial charge is 0.456 e. The molecule has 0 aromatic heterocycles. The van der Waals surface area contributed by atoms with Gasteiger partial charge in [-0.25, -0.2) is 4.79 Å². The van der Waals surface area contributed by atoms with Gasteiger partial charge in [0.1, 0.15) is 6.10 Å². The van der Waals surface area contributed by atoms with E-state index in [-0.39, 0.29) is 6.10 Å². The Morgan fingerprint density at radius 2 is 2.31 bits per heavy atom. The van der Waals surface area contributed by atoms with Crippen molar-refractivity contribution in [3.8, 4) is 0 Å². The fourth-order valence-corrected chi connectivity index (χ4v) is 1.80. The lowest BCUT2D eigenvalue weighted by atomic mass is 10.2. The maximum absolute atomic E-state index is 11.7. The Bertz CT molecular complexity index is 382. The highest BCUT2D eigenvalue weighted by Crippen LogP contribution is 2.19. The number of carbonyl (C=O) groups excluding carboxylic acids is 1. The molecule has 0 spiro atoms. The summed E-state index contributed by atoms with van der Waals surface area (Å²) in [5.41, 5.74) is 6.41. The molecular formula is C11H12ClNO3. The number of esters is 1. The van der Waals surface area contributed by atoms with E-state index in [9.17, 15) is 4.79 Å². The SMILES string of the molecule is Nc1cc(Cl)cc(C(=O)OC2CCOC2)c1. The molecule has 1 aliphatic heterocycles. The number of carbonyl (C=O) groups is 1. The average Bonchev–Trinajstić information content (AvgIpc) is 2.68. The molecule has 0 bridgehead atoms. The number of nitrogens with two attached hydrogens (primary N) is 1. The number of anilines is 1. The molecule has 2 rings (SSSR count). The second kappa shape index (κ2) is 4.72. The lowest BCUT2D eigenvalue weighted by Gasteiger charge is -2.10. The number of rotatable bonds is 2. The third kappa shape index (κ3) is 2.65. The third-order valence-electron chi connectivity index (χ3n) is 2.32. The first kappa shape index (κ1) is 11.2. The number of hydrogen-bond donors (Lipinski definition) is 1. The molecule has 1 aliphatic rings. The second-order valence-electron chi connectivity index (χ2n) is 3.66. The molecule has 0 aliphatic carbocycles. The van der Waals surface area contributed by atoms with Crippen LogP contribution < -0.4 is 5.73 Å². The Balaban J connectivity index is 2.07. The molecule has 1 aromatic carbocycles. The van der Waals surface area contributed by atoms with E-state index in [1.807, 2.05) is 0 Å². The lowest BCUT2D eigenvalue weighted by molar-refractivity contribution is 0.0271. The van der Waals surface area contributed by atoms with E-state index in [1.165, 1.54) is 6.07 Å². The van der Waals surface area contributed by atoms with E-state index in [1.54, 1.807) is 12.1 Å². The predicted molar refractivity (Wildman–Crippen MR) is 60.5 cm³/mol. The first-order valence-electron chi connectivity index (χ1n) is 5.00. The summed E-state index contributed by atoms with van der Waals surface area (Å²) in [5, 5.41) is 0.426. The van der Waals surface area contributed by atoms with E-state index in [4.69, 9.17) is 26.8 Å². The summed E-state index contributed by atoms with van der Waals surface area (Å²) in [6.45, 7) is 1.09. The van der Waals surface area contributed by atoms with Crippen LogP contribution in [0, 0.1) is 0 Å². The Kier molecular flexibility index (Phi) is 3.31. The molecule has 86 valence electrons. The number of halogens is 1. The Morgan fingerprint density at radius 1 is 1.50 bits per heavy atom. The Morgan fingerprint density at radius 3 is 2.94 bits per heavy atom. The van der Waals surface area contributed by atoms with Crippen molar-refractivity contribution in [3.05, 3.63) is 28.8 Å². The van der Waals surface area contributed by atoms with Crippen molar-refractivity contribution in [3.63, 3.8) is 0 Å². The molecule has 1 saturated heterocycles. The van der Waals surface area contributed by atoms with Crippen LogP contribution in [0.4, 0.5) is 5.69 Å². The van der Waals surface area contributed by atoms with Gasteiger partial charge in [-0.1, -0.05) is 11.6 Å². The van der Waals surface area contributed by atoms with Crippen LogP contribution in [0.5, 0.6) is 0 Å². The molecule has 0 amide bonds. The van der Waals surface area contributed by atoms with Crippen molar-refractivity contribution in [2.24, 2.45) is 0 Å². The highest BCUT2D eigenvalue weighted by atomic mass is 35.5. The van der Waals surface area contributed by atoms with Crippen LogP contribution in [-0.2, 0) is 9.47 Å². The van der Waals surface area contributed by atoms with Gasteiger partial charge < -0.3 is 15.2 Å². The van der Waals surface area contributed by atoms with Gasteiger partial charge in [0.2, 0.25) is 0 Å². The predicted octanol–water partition coefficient (Wildman–Crippen LogP) is 1.87. The molecule has 2 N–H and O–H groups in total. The zero-order chi connectivity index (χ0) is 11.5. The van der Waals surface area contributed by atoms with Gasteiger partial charge in [-0.3, -0.25) is 0 Å². The number of nitrogen functional groups attached to an aromatic ring is 1. The summed E-state index contributed by atoms with van der Waals surface area (Å²) in [6, 6.07) is 4.66. The number of benzene rings is 1. The van der Waals surface area contributed by atoms with Crippen molar-refractivity contribution in [1.82, 2.24) is 0 Å². The van der Waals surface area contributed by atoms with Crippen LogP contribution >= 0.6 is 11.6 Å². The molecule has 5 heteroatoms. The van der Waals surface area contributed by atoms with Crippen molar-refractivity contribution in [1.29, 1.82) is 0 Å². The Labute approximate surface area is 98.3 Å². The normalized spacial score (nSPS) is 19.7. The minimum Gasteiger partial charge on any atom is -0.456 e. The fourth-order valence-electron chi connectivity index (χ4n) is 1.56. The summed E-state index contributed by atoms with van der Waals surface area (Å²) in [7, 11) is 0. The number of hydrogen-bond acceptors (Lipinski definition) is 4. The Hall–Kier alpha value is -1.26. The van der Waals surface area contributed by atoms with Crippen LogP contribution in [0.25, 0.3) is 0 Å². The molecule has 0 radical (unpaired) electrons. The summed E-state index contributed by atoms with van der Waals surface area (Å²) in [5.74, 6) is -0.412. The van der Waals surface area contributed by atoms with Crippen molar-refractivity contribution in [2.75, 3.05) is 18.9 Å². The molecule has 0 saturated carbocycles. The molecule has 1 aromatic rings. The highest BCUT2D eigenvalue weighted by Gasteiger charge is 2.21. The molecule has 1 atom stereocenters. The monoisotopic (exact) mass is 241 g/mol. The van der Waals surface area contributed by atoms with E-state index in [0.717, 1.165) is 6.42 Å². The van der Waals surface area contributed by atoms with Crippen molar-refractivity contribution in [2.45, 2.75) is 12.5 Å². The minimum absolute atomic E-state index is 0.160. The molecular weight excluding hydrogens is 230 g/mol. The zero-order valence-electron chi connectivity index (χ0n) is 8.61. The van der Waals surface area contributed by atoms with Crippen molar-refractivity contribution >= 4 is 23.3 Å². The first-order valence-corrected chi connectivity index (χ1v) is 5.38. The minimum atomic E-state index is -0.412. The van der Waals surface area contributed by atoms with E-state index < -0.39 is 5.97 Å². The quantitative estimate of drug-likeness (QED) is 0.634. The first-order chi connectivity index (χ1) is 7.65. The molecule has 1 heterocycles. The van der Waals surface area contributed by atoms with Gasteiger partial charge in [-0.2, -0.15) is 0 Å². The lowest BCUT2D eigenvalue weighted by Crippen LogP contribution is -2.18. The molecule has 1 fully saturated rings. The smallest absolute Gasteiger partial charge is 0.338 e. The fraction of sp³-hybridized carbons (Fsp3) is 0.364. The maximum Gasteiger partial charge on any atom is 0.338 e. The van der Waals surface area contributed by atoms with Gasteiger partial charge in [0, 0.05) is 17.1 Å². The van der Waals surface area contributed by atoms with Crippen LogP contribution in [0.1, 0.15) is 16.8 Å². The molecule has 1 unspecified atom stereocenters. The van der Waals surface area contributed by atoms with Crippen LogP contribution in [-0.4, -0.2) is 25.3 Å². The van der Waals surface area contributed by atoms with E-state index in [2.05, 4.69) is 0 Å². The summed E-state index contributed by atoms with van der Waals surface area (Å²) in [4.78, 5) is 11.7. The van der Waals surface area contributed by atoms with Crippen LogP contribution in [0.15, 0.2) is 18.2 Å². The van der Waals surface area contributed by atoms with Crippen molar-refractivity contribution < 1.29 is 14.3 Å². The van der Waals surface area contributed by atoms with E-state index >= 15 is 0 Å². The van der Waals surface area contributed by atoms with Crippen LogP contribution in [0.2, 0.25) is 5.02 Å². The summed E-state index contributed by atoms with van der Waals surface area (Å²) >= 11 is 5.80. The zero-order valence-corrected chi connectivity index (χ0v) is 9.37.